The highest BCUT2D eigenvalue weighted by Crippen LogP contribution is 2.26. The number of benzene rings is 1. The predicted molar refractivity (Wildman–Crippen MR) is 91.3 cm³/mol. The third-order valence-corrected chi connectivity index (χ3v) is 3.51. The van der Waals surface area contributed by atoms with Crippen LogP contribution in [0.4, 0.5) is 4.79 Å². The molecule has 0 aliphatic heterocycles. The molecular weight excluding hydrogens is 332 g/mol. The number of carbonyl (C=O) groups excluding carboxylic acids is 1. The Hall–Kier alpha value is -2.47. The van der Waals surface area contributed by atoms with Crippen LogP contribution in [0, 0.1) is 0 Å². The molecule has 1 aromatic carbocycles. The Morgan fingerprint density at radius 2 is 2.04 bits per heavy atom. The van der Waals surface area contributed by atoms with Gasteiger partial charge in [0.15, 0.2) is 5.75 Å². The Morgan fingerprint density at radius 1 is 1.25 bits per heavy atom. The molecule has 6 nitrogen and oxygen atoms in total. The summed E-state index contributed by atoms with van der Waals surface area (Å²) in [6.07, 6.45) is 1.14. The lowest BCUT2D eigenvalue weighted by Crippen LogP contribution is -2.34. The molecule has 0 aliphatic carbocycles. The van der Waals surface area contributed by atoms with Gasteiger partial charge in [-0.15, -0.1) is 5.06 Å². The first-order chi connectivity index (χ1) is 11.5. The second-order valence-corrected chi connectivity index (χ2v) is 5.32. The maximum atomic E-state index is 11.7. The Balaban J connectivity index is 2.13. The molecule has 24 heavy (non-hydrogen) atoms. The third-order valence-electron chi connectivity index (χ3n) is 3.22. The Kier molecular flexibility index (Phi) is 6.26. The molecule has 0 saturated heterocycles. The molecule has 2 aromatic rings. The van der Waals surface area contributed by atoms with Crippen molar-refractivity contribution < 1.29 is 14.4 Å². The van der Waals surface area contributed by atoms with Crippen molar-refractivity contribution in [3.63, 3.8) is 0 Å². The lowest BCUT2D eigenvalue weighted by atomic mass is 10.2. The van der Waals surface area contributed by atoms with E-state index in [1.165, 1.54) is 6.07 Å². The molecule has 1 aromatic heterocycles. The summed E-state index contributed by atoms with van der Waals surface area (Å²) in [6, 6.07) is 10.1. The van der Waals surface area contributed by atoms with Crippen molar-refractivity contribution in [1.29, 1.82) is 0 Å². The molecule has 2 rings (SSSR count). The van der Waals surface area contributed by atoms with Gasteiger partial charge in [0.25, 0.3) is 5.56 Å². The average Bonchev–Trinajstić information content (AvgIpc) is 2.56. The lowest BCUT2D eigenvalue weighted by molar-refractivity contribution is -0.0430. The first-order valence-corrected chi connectivity index (χ1v) is 7.99. The number of hydroxylamine groups is 2. The summed E-state index contributed by atoms with van der Waals surface area (Å²) in [7, 11) is 0. The first-order valence-electron chi connectivity index (χ1n) is 7.61. The van der Waals surface area contributed by atoms with Gasteiger partial charge in [-0.25, -0.2) is 4.79 Å². The number of amides is 1. The summed E-state index contributed by atoms with van der Waals surface area (Å²) in [5.74, 6) is 0.343. The number of hydrogen-bond donors (Lipinski definition) is 0. The quantitative estimate of drug-likeness (QED) is 0.750. The average molecular weight is 351 g/mol. The van der Waals surface area contributed by atoms with E-state index in [1.54, 1.807) is 54.9 Å². The van der Waals surface area contributed by atoms with Crippen LogP contribution >= 0.6 is 11.6 Å². The maximum absolute atomic E-state index is 11.7. The zero-order chi connectivity index (χ0) is 17.5. The fraction of sp³-hybridized carbons (Fsp3) is 0.294. The van der Waals surface area contributed by atoms with E-state index in [1.807, 2.05) is 0 Å². The van der Waals surface area contributed by atoms with Crippen LogP contribution in [0.1, 0.15) is 19.4 Å². The van der Waals surface area contributed by atoms with Crippen molar-refractivity contribution in [1.82, 2.24) is 9.63 Å². The van der Waals surface area contributed by atoms with Crippen molar-refractivity contribution in [2.24, 2.45) is 0 Å². The monoisotopic (exact) mass is 350 g/mol. The van der Waals surface area contributed by atoms with E-state index < -0.39 is 6.09 Å². The topological polar surface area (TPSA) is 60.8 Å². The highest BCUT2D eigenvalue weighted by molar-refractivity contribution is 6.32. The zero-order valence-corrected chi connectivity index (χ0v) is 14.3. The van der Waals surface area contributed by atoms with Gasteiger partial charge in [0.05, 0.1) is 24.7 Å². The molecule has 0 atom stereocenters. The maximum Gasteiger partial charge on any atom is 0.443 e. The summed E-state index contributed by atoms with van der Waals surface area (Å²) in [5, 5.41) is 1.44. The van der Waals surface area contributed by atoms with Gasteiger partial charge in [-0.3, -0.25) is 4.79 Å². The summed E-state index contributed by atoms with van der Waals surface area (Å²) >= 11 is 6.23. The molecule has 0 spiro atoms. The fourth-order valence-corrected chi connectivity index (χ4v) is 2.29. The highest BCUT2D eigenvalue weighted by Gasteiger charge is 2.16. The zero-order valence-electron chi connectivity index (χ0n) is 13.6. The number of hydrogen-bond acceptors (Lipinski definition) is 4. The van der Waals surface area contributed by atoms with Crippen LogP contribution < -0.4 is 10.4 Å². The molecule has 0 aliphatic rings. The number of carbonyl (C=O) groups is 1. The van der Waals surface area contributed by atoms with E-state index in [0.29, 0.717) is 23.9 Å². The SMILES string of the molecule is CCOC(=O)N(CC)Oc1ccc(Cn2ccccc2=O)cc1Cl. The van der Waals surface area contributed by atoms with Gasteiger partial charge in [-0.1, -0.05) is 23.7 Å². The highest BCUT2D eigenvalue weighted by atomic mass is 35.5. The predicted octanol–water partition coefficient (Wildman–Crippen LogP) is 3.32. The fourth-order valence-electron chi connectivity index (χ4n) is 2.05. The number of nitrogens with zero attached hydrogens (tertiary/aromatic N) is 2. The van der Waals surface area contributed by atoms with Crippen molar-refractivity contribution in [3.05, 3.63) is 63.5 Å². The van der Waals surface area contributed by atoms with Gasteiger partial charge in [-0.05, 0) is 37.6 Å². The van der Waals surface area contributed by atoms with Gasteiger partial charge in [0.2, 0.25) is 0 Å². The minimum absolute atomic E-state index is 0.0894. The molecule has 0 saturated carbocycles. The molecular formula is C17H19ClN2O4. The van der Waals surface area contributed by atoms with Gasteiger partial charge in [-0.2, -0.15) is 0 Å². The van der Waals surface area contributed by atoms with Crippen LogP contribution in [-0.4, -0.2) is 28.9 Å². The van der Waals surface area contributed by atoms with Crippen LogP contribution in [0.15, 0.2) is 47.4 Å². The number of aromatic nitrogens is 1. The van der Waals surface area contributed by atoms with Crippen LogP contribution in [0.3, 0.4) is 0 Å². The summed E-state index contributed by atoms with van der Waals surface area (Å²) < 4.78 is 6.48. The Morgan fingerprint density at radius 3 is 2.67 bits per heavy atom. The van der Waals surface area contributed by atoms with Gasteiger partial charge >= 0.3 is 6.09 Å². The van der Waals surface area contributed by atoms with Crippen molar-refractivity contribution >= 4 is 17.7 Å². The van der Waals surface area contributed by atoms with Gasteiger partial charge < -0.3 is 14.1 Å². The van der Waals surface area contributed by atoms with E-state index in [0.717, 1.165) is 10.6 Å². The van der Waals surface area contributed by atoms with E-state index in [9.17, 15) is 9.59 Å². The second-order valence-electron chi connectivity index (χ2n) is 4.92. The number of halogens is 1. The third kappa shape index (κ3) is 4.52. The van der Waals surface area contributed by atoms with Crippen LogP contribution in [-0.2, 0) is 11.3 Å². The molecule has 7 heteroatoms. The van der Waals surface area contributed by atoms with E-state index in [4.69, 9.17) is 21.2 Å². The van der Waals surface area contributed by atoms with E-state index in [-0.39, 0.29) is 12.2 Å². The van der Waals surface area contributed by atoms with Crippen LogP contribution in [0.25, 0.3) is 0 Å². The summed E-state index contributed by atoms with van der Waals surface area (Å²) in [4.78, 5) is 29.0. The molecule has 0 fully saturated rings. The molecule has 1 amide bonds. The molecule has 0 unspecified atom stereocenters. The van der Waals surface area contributed by atoms with E-state index in [2.05, 4.69) is 0 Å². The summed E-state index contributed by atoms with van der Waals surface area (Å²) in [6.45, 7) is 4.46. The van der Waals surface area contributed by atoms with Crippen LogP contribution in [0.2, 0.25) is 5.02 Å². The molecule has 128 valence electrons. The van der Waals surface area contributed by atoms with Gasteiger partial charge in [0, 0.05) is 12.3 Å². The van der Waals surface area contributed by atoms with Gasteiger partial charge in [0.1, 0.15) is 0 Å². The molecule has 1 heterocycles. The van der Waals surface area contributed by atoms with Crippen molar-refractivity contribution in [2.45, 2.75) is 20.4 Å². The molecule has 0 radical (unpaired) electrons. The largest absolute Gasteiger partial charge is 0.448 e. The van der Waals surface area contributed by atoms with Crippen molar-refractivity contribution in [3.8, 4) is 5.75 Å². The normalized spacial score (nSPS) is 10.3. The number of rotatable bonds is 6. The number of ether oxygens (including phenoxy) is 1. The van der Waals surface area contributed by atoms with Crippen LogP contribution in [0.5, 0.6) is 5.75 Å². The Labute approximate surface area is 145 Å². The summed E-state index contributed by atoms with van der Waals surface area (Å²) in [5.41, 5.74) is 0.758. The van der Waals surface area contributed by atoms with E-state index >= 15 is 0 Å². The standard InChI is InChI=1S/C17H19ClN2O4/c1-3-20(17(22)23-4-2)24-15-9-8-13(11-14(15)18)12-19-10-6-5-7-16(19)21/h5-11H,3-4,12H2,1-2H3. The lowest BCUT2D eigenvalue weighted by Gasteiger charge is -2.20. The van der Waals surface area contributed by atoms with Crippen molar-refractivity contribution in [2.75, 3.05) is 13.2 Å². The number of pyridine rings is 1. The molecule has 0 N–H and O–H groups in total. The first kappa shape index (κ1) is 17.9. The Bertz CT molecular complexity index is 760. The second kappa shape index (κ2) is 8.40. The molecule has 0 bridgehead atoms. The minimum atomic E-state index is -0.573. The minimum Gasteiger partial charge on any atom is -0.448 e. The smallest absolute Gasteiger partial charge is 0.443 e.